The summed E-state index contributed by atoms with van der Waals surface area (Å²) in [4.78, 5) is 0. The van der Waals surface area contributed by atoms with E-state index in [-0.39, 0.29) is 46.8 Å². The van der Waals surface area contributed by atoms with Crippen LogP contribution in [0.3, 0.4) is 0 Å². The Morgan fingerprint density at radius 1 is 0.759 bits per heavy atom. The molecule has 9 heteroatoms. The fourth-order valence-corrected chi connectivity index (χ4v) is 8.62. The largest absolute Gasteiger partial charge is 1.00 e. The second-order valence-corrected chi connectivity index (χ2v) is 16.4. The van der Waals surface area contributed by atoms with Crippen LogP contribution in [0.1, 0.15) is 92.5 Å². The van der Waals surface area contributed by atoms with Crippen LogP contribution in [0.5, 0.6) is 0 Å². The number of hydrogen-bond donors (Lipinski definition) is 0. The number of allylic oxidation sites excluding steroid dienone is 6. The van der Waals surface area contributed by atoms with Crippen LogP contribution in [0.25, 0.3) is 22.8 Å². The van der Waals surface area contributed by atoms with Gasteiger partial charge in [0.25, 0.3) is 0 Å². The van der Waals surface area contributed by atoms with Crippen molar-refractivity contribution in [3.8, 4) is 0 Å². The van der Waals surface area contributed by atoms with E-state index in [0.29, 0.717) is 3.21 Å². The number of fused-ring (bicyclic) bond motifs is 7. The predicted molar refractivity (Wildman–Crippen MR) is 197 cm³/mol. The third-order valence-electron chi connectivity index (χ3n) is 10.1. The molecular weight excluding hydrogens is 817 g/mol. The zero-order valence-corrected chi connectivity index (χ0v) is 34.8. The first-order valence-electron chi connectivity index (χ1n) is 17.3. The number of rotatable bonds is 2. The normalized spacial score (nSPS) is 16.7. The summed E-state index contributed by atoms with van der Waals surface area (Å²) < 4.78 is 76.7. The first-order valence-corrected chi connectivity index (χ1v) is 18.5. The molecule has 0 heterocycles. The van der Waals surface area contributed by atoms with E-state index in [1.54, 1.807) is 27.8 Å². The van der Waals surface area contributed by atoms with Crippen molar-refractivity contribution >= 4 is 26.0 Å². The van der Waals surface area contributed by atoms with Crippen LogP contribution in [0.4, 0.5) is 26.3 Å². The number of hydrogen-bond acceptors (Lipinski definition) is 0. The van der Waals surface area contributed by atoms with Crippen molar-refractivity contribution in [3.05, 3.63) is 164 Å². The molecule has 0 unspecified atom stereocenters. The third-order valence-corrected chi connectivity index (χ3v) is 11.5. The molecule has 0 spiro atoms. The molecule has 4 aromatic carbocycles. The van der Waals surface area contributed by atoms with Gasteiger partial charge in [-0.2, -0.15) is 23.4 Å². The molecule has 282 valence electrons. The molecule has 0 bridgehead atoms. The van der Waals surface area contributed by atoms with E-state index in [9.17, 15) is 26.3 Å². The Kier molecular flexibility index (Phi) is 12.9. The van der Waals surface area contributed by atoms with Crippen molar-refractivity contribution in [1.29, 1.82) is 0 Å². The molecule has 0 atom stereocenters. The Hall–Kier alpha value is -3.25. The van der Waals surface area contributed by atoms with Gasteiger partial charge in [-0.1, -0.05) is 75.1 Å². The molecule has 0 saturated carbocycles. The van der Waals surface area contributed by atoms with Gasteiger partial charge < -0.3 is 24.8 Å². The summed E-state index contributed by atoms with van der Waals surface area (Å²) in [6.07, 6.45) is 5.31. The van der Waals surface area contributed by atoms with E-state index in [1.165, 1.54) is 51.4 Å². The molecule has 0 N–H and O–H groups in total. The van der Waals surface area contributed by atoms with Crippen molar-refractivity contribution < 1.29 is 75.4 Å². The fourth-order valence-electron chi connectivity index (χ4n) is 7.85. The van der Waals surface area contributed by atoms with Crippen molar-refractivity contribution in [3.63, 3.8) is 0 Å². The Morgan fingerprint density at radius 3 is 1.81 bits per heavy atom. The molecule has 0 fully saturated rings. The molecule has 0 saturated heterocycles. The van der Waals surface area contributed by atoms with Crippen LogP contribution in [0.2, 0.25) is 0 Å². The number of alkyl halides is 6. The standard InChI is InChI=1S/C25H27.C15H8F6.C5H5.2ClH.Zr/c1-14-7-8-17-20(14)22-18(23-21(17)15(2)12-25(23,5)6)11-16-9-10-24(3,4)13-19(16)22;16-14(17,18)12-5-1-3-10(8-12)7-11-4-2-6-13(9-11)15(19,20)21;1-2-4-5-3-1;;;/h7-10,12H,11,13H2,1-6H3;1-6,8-9H;1-5H;2*1H;/q-1;;-1;;;+2/p-2. The van der Waals surface area contributed by atoms with Gasteiger partial charge in [0.05, 0.1) is 0 Å². The average Bonchev–Trinajstić information content (AvgIpc) is 3.87. The van der Waals surface area contributed by atoms with Gasteiger partial charge in [0, 0.05) is 0 Å². The minimum absolute atomic E-state index is 0. The van der Waals surface area contributed by atoms with Gasteiger partial charge >= 0.3 is 137 Å². The van der Waals surface area contributed by atoms with Crippen LogP contribution in [-0.4, -0.2) is 3.21 Å². The maximum Gasteiger partial charge on any atom is -0.172 e. The summed E-state index contributed by atoms with van der Waals surface area (Å²) in [5.74, 6) is 0. The summed E-state index contributed by atoms with van der Waals surface area (Å²) >= 11 is 0.729. The molecule has 4 aromatic rings. The molecule has 8 rings (SSSR count). The Bertz CT molecular complexity index is 2200. The van der Waals surface area contributed by atoms with E-state index in [1.807, 2.05) is 30.3 Å². The molecule has 0 aliphatic heterocycles. The van der Waals surface area contributed by atoms with Crippen molar-refractivity contribution in [2.75, 3.05) is 0 Å². The summed E-state index contributed by atoms with van der Waals surface area (Å²) in [5.41, 5.74) is 11.7. The fraction of sp³-hybridized carbons (Fsp3) is 0.267. The Balaban J connectivity index is 0.000000208. The first-order chi connectivity index (χ1) is 24.3. The summed E-state index contributed by atoms with van der Waals surface area (Å²) in [6, 6.07) is 19.2. The monoisotopic (exact) mass is 854 g/mol. The van der Waals surface area contributed by atoms with Crippen LogP contribution in [0, 0.1) is 11.8 Å². The van der Waals surface area contributed by atoms with Gasteiger partial charge in [-0.15, -0.1) is 5.56 Å². The van der Waals surface area contributed by atoms with Crippen LogP contribution >= 0.6 is 0 Å². The minimum atomic E-state index is -4.49. The first kappa shape index (κ1) is 43.5. The Morgan fingerprint density at radius 2 is 1.31 bits per heavy atom. The van der Waals surface area contributed by atoms with Crippen molar-refractivity contribution in [1.82, 2.24) is 0 Å². The Labute approximate surface area is 341 Å². The minimum Gasteiger partial charge on any atom is -1.00 e. The molecule has 0 radical (unpaired) electrons. The van der Waals surface area contributed by atoms with Gasteiger partial charge in [-0.3, -0.25) is 0 Å². The van der Waals surface area contributed by atoms with Gasteiger partial charge in [0.2, 0.25) is 0 Å². The SMILES string of the molecule is CC1=CC=c2c1c1c(c3c2=C(C)[CH-]C3(C)C)CC2=C1CC(C)(C)C=C2.FC(F)(F)c1cccc([C](=[Zr+2])c2cccc(C(F)(F)F)c2)c1.[Cl-].[Cl-].c1cc[cH-]c1. The van der Waals surface area contributed by atoms with Gasteiger partial charge in [0.15, 0.2) is 0 Å². The zero-order chi connectivity index (χ0) is 37.8. The van der Waals surface area contributed by atoms with Crippen molar-refractivity contribution in [2.45, 2.75) is 72.2 Å². The van der Waals surface area contributed by atoms with Gasteiger partial charge in [-0.25, -0.2) is 24.1 Å². The predicted octanol–water partition coefficient (Wildman–Crippen LogP) is 5.10. The molecule has 0 amide bonds. The van der Waals surface area contributed by atoms with E-state index >= 15 is 0 Å². The summed E-state index contributed by atoms with van der Waals surface area (Å²) in [7, 11) is 0. The topological polar surface area (TPSA) is 0 Å². The second-order valence-electron chi connectivity index (χ2n) is 15.1. The van der Waals surface area contributed by atoms with Crippen LogP contribution in [0.15, 0.2) is 103 Å². The van der Waals surface area contributed by atoms with E-state index in [0.717, 1.165) is 61.3 Å². The van der Waals surface area contributed by atoms with Crippen LogP contribution in [-0.2, 0) is 48.4 Å². The summed E-state index contributed by atoms with van der Waals surface area (Å²) in [6.45, 7) is 14.1. The maximum absolute atomic E-state index is 12.7. The maximum atomic E-state index is 12.7. The molecule has 4 aliphatic rings. The van der Waals surface area contributed by atoms with E-state index < -0.39 is 23.5 Å². The second kappa shape index (κ2) is 16.1. The summed E-state index contributed by atoms with van der Waals surface area (Å²) in [5, 5.41) is 3.00. The van der Waals surface area contributed by atoms with Crippen LogP contribution < -0.4 is 35.3 Å². The van der Waals surface area contributed by atoms with E-state index in [2.05, 4.69) is 72.3 Å². The smallest absolute Gasteiger partial charge is 0.172 e. The van der Waals surface area contributed by atoms with Crippen molar-refractivity contribution in [2.24, 2.45) is 5.41 Å². The van der Waals surface area contributed by atoms with Gasteiger partial charge in [0.1, 0.15) is 0 Å². The number of halogens is 8. The molecule has 0 nitrogen and oxygen atoms in total. The quantitative estimate of drug-likeness (QED) is 0.195. The molecule has 0 aromatic heterocycles. The molecule has 4 aliphatic carbocycles. The van der Waals surface area contributed by atoms with Gasteiger partial charge in [-0.05, 0) is 53.0 Å². The number of benzene rings is 3. The molecular formula is C45H40Cl2F6Zr-2. The molecule has 54 heavy (non-hydrogen) atoms. The third kappa shape index (κ3) is 8.74. The zero-order valence-electron chi connectivity index (χ0n) is 30.8. The average molecular weight is 857 g/mol. The van der Waals surface area contributed by atoms with E-state index in [4.69, 9.17) is 0 Å².